The standard InChI is InChI=1S/C13H25N3O5S/c1-10(17)16-5-3-4-15(6-7-16)8-12-13(18)11(9-21-12)14-22(2,19)20/h11-14,18H,3-9H2,1-2H3. The lowest BCUT2D eigenvalue weighted by Gasteiger charge is -2.25. The maximum absolute atomic E-state index is 11.4. The van der Waals surface area contributed by atoms with Gasteiger partial charge in [0.1, 0.15) is 0 Å². The van der Waals surface area contributed by atoms with Gasteiger partial charge in [0.2, 0.25) is 15.9 Å². The molecule has 0 aromatic heterocycles. The molecule has 3 atom stereocenters. The smallest absolute Gasteiger partial charge is 0.219 e. The van der Waals surface area contributed by atoms with Crippen LogP contribution in [0.5, 0.6) is 0 Å². The van der Waals surface area contributed by atoms with Gasteiger partial charge >= 0.3 is 0 Å². The van der Waals surface area contributed by atoms with Crippen LogP contribution in [0.4, 0.5) is 0 Å². The summed E-state index contributed by atoms with van der Waals surface area (Å²) in [6, 6.07) is -0.597. The lowest BCUT2D eigenvalue weighted by atomic mass is 10.1. The van der Waals surface area contributed by atoms with Gasteiger partial charge in [0, 0.05) is 33.1 Å². The number of carbonyl (C=O) groups excluding carboxylic acids is 1. The monoisotopic (exact) mass is 335 g/mol. The zero-order chi connectivity index (χ0) is 16.3. The highest BCUT2D eigenvalue weighted by Crippen LogP contribution is 2.17. The third-order valence-electron chi connectivity index (χ3n) is 4.12. The summed E-state index contributed by atoms with van der Waals surface area (Å²) in [6.45, 7) is 5.26. The summed E-state index contributed by atoms with van der Waals surface area (Å²) in [5.74, 6) is 0.0800. The number of amides is 1. The number of ether oxygens (including phenoxy) is 1. The quantitative estimate of drug-likeness (QED) is 0.630. The van der Waals surface area contributed by atoms with Crippen molar-refractivity contribution in [3.05, 3.63) is 0 Å². The Bertz CT molecular complexity index is 498. The van der Waals surface area contributed by atoms with E-state index in [1.165, 1.54) is 0 Å². The Morgan fingerprint density at radius 1 is 1.32 bits per heavy atom. The molecule has 2 saturated heterocycles. The molecule has 0 spiro atoms. The Labute approximate surface area is 131 Å². The molecular formula is C13H25N3O5S. The van der Waals surface area contributed by atoms with Gasteiger partial charge in [-0.15, -0.1) is 0 Å². The Hall–Kier alpha value is -0.740. The largest absolute Gasteiger partial charge is 0.389 e. The molecule has 0 saturated carbocycles. The van der Waals surface area contributed by atoms with Gasteiger partial charge in [0.25, 0.3) is 0 Å². The molecule has 0 aliphatic carbocycles. The fraction of sp³-hybridized carbons (Fsp3) is 0.923. The van der Waals surface area contributed by atoms with E-state index in [0.717, 1.165) is 32.3 Å². The topological polar surface area (TPSA) is 99.2 Å². The third-order valence-corrected chi connectivity index (χ3v) is 4.85. The molecule has 0 radical (unpaired) electrons. The van der Waals surface area contributed by atoms with Crippen LogP contribution in [0, 0.1) is 0 Å². The van der Waals surface area contributed by atoms with E-state index >= 15 is 0 Å². The molecule has 2 fully saturated rings. The summed E-state index contributed by atoms with van der Waals surface area (Å²) >= 11 is 0. The van der Waals surface area contributed by atoms with Gasteiger partial charge < -0.3 is 14.7 Å². The second kappa shape index (κ2) is 7.22. The van der Waals surface area contributed by atoms with Gasteiger partial charge in [-0.05, 0) is 13.0 Å². The lowest BCUT2D eigenvalue weighted by molar-refractivity contribution is -0.128. The van der Waals surface area contributed by atoms with Crippen LogP contribution in [0.3, 0.4) is 0 Å². The highest BCUT2D eigenvalue weighted by molar-refractivity contribution is 7.88. The Morgan fingerprint density at radius 3 is 2.68 bits per heavy atom. The normalized spacial score (nSPS) is 31.2. The number of hydrogen-bond donors (Lipinski definition) is 2. The van der Waals surface area contributed by atoms with Crippen LogP contribution in [0.1, 0.15) is 13.3 Å². The summed E-state index contributed by atoms with van der Waals surface area (Å²) in [5, 5.41) is 10.2. The Kier molecular flexibility index (Phi) is 5.78. The molecule has 3 unspecified atom stereocenters. The SMILES string of the molecule is CC(=O)N1CCCN(CC2OCC(NS(C)(=O)=O)C2O)CC1. The molecule has 2 heterocycles. The highest BCUT2D eigenvalue weighted by Gasteiger charge is 2.38. The van der Waals surface area contributed by atoms with Crippen molar-refractivity contribution in [2.24, 2.45) is 0 Å². The number of hydrogen-bond acceptors (Lipinski definition) is 6. The molecule has 22 heavy (non-hydrogen) atoms. The molecule has 0 aromatic carbocycles. The van der Waals surface area contributed by atoms with Crippen LogP contribution < -0.4 is 4.72 Å². The van der Waals surface area contributed by atoms with Crippen molar-refractivity contribution >= 4 is 15.9 Å². The van der Waals surface area contributed by atoms with Gasteiger partial charge in [0.15, 0.2) is 0 Å². The predicted molar refractivity (Wildman–Crippen MR) is 80.8 cm³/mol. The van der Waals surface area contributed by atoms with Gasteiger partial charge in [-0.25, -0.2) is 13.1 Å². The van der Waals surface area contributed by atoms with Crippen molar-refractivity contribution in [1.29, 1.82) is 0 Å². The number of aliphatic hydroxyl groups is 1. The van der Waals surface area contributed by atoms with Crippen LogP contribution in [0.15, 0.2) is 0 Å². The molecule has 2 aliphatic heterocycles. The van der Waals surface area contributed by atoms with Crippen molar-refractivity contribution < 1.29 is 23.1 Å². The maximum Gasteiger partial charge on any atom is 0.219 e. The molecule has 9 heteroatoms. The van der Waals surface area contributed by atoms with Gasteiger partial charge in [-0.2, -0.15) is 0 Å². The zero-order valence-electron chi connectivity index (χ0n) is 13.1. The number of nitrogens with zero attached hydrogens (tertiary/aromatic N) is 2. The average Bonchev–Trinajstić information content (AvgIpc) is 2.64. The Balaban J connectivity index is 1.85. The average molecular weight is 335 g/mol. The molecule has 0 aromatic rings. The maximum atomic E-state index is 11.4. The fourth-order valence-electron chi connectivity index (χ4n) is 2.95. The van der Waals surface area contributed by atoms with Crippen molar-refractivity contribution in [3.8, 4) is 0 Å². The minimum atomic E-state index is -3.37. The molecule has 2 N–H and O–H groups in total. The zero-order valence-corrected chi connectivity index (χ0v) is 13.9. The molecular weight excluding hydrogens is 310 g/mol. The van der Waals surface area contributed by atoms with E-state index in [9.17, 15) is 18.3 Å². The first-order valence-electron chi connectivity index (χ1n) is 7.51. The summed E-state index contributed by atoms with van der Waals surface area (Å²) in [4.78, 5) is 15.4. The highest BCUT2D eigenvalue weighted by atomic mass is 32.2. The van der Waals surface area contributed by atoms with E-state index in [0.29, 0.717) is 13.1 Å². The van der Waals surface area contributed by atoms with Crippen molar-refractivity contribution in [2.75, 3.05) is 45.6 Å². The van der Waals surface area contributed by atoms with Crippen LogP contribution in [-0.4, -0.2) is 93.1 Å². The molecule has 0 bridgehead atoms. The predicted octanol–water partition coefficient (Wildman–Crippen LogP) is -1.78. The second-order valence-corrected chi connectivity index (χ2v) is 7.80. The molecule has 8 nitrogen and oxygen atoms in total. The third kappa shape index (κ3) is 4.88. The first-order chi connectivity index (χ1) is 10.3. The van der Waals surface area contributed by atoms with Crippen LogP contribution in [0.25, 0.3) is 0 Å². The van der Waals surface area contributed by atoms with E-state index in [2.05, 4.69) is 9.62 Å². The van der Waals surface area contributed by atoms with E-state index in [1.807, 2.05) is 4.90 Å². The number of aliphatic hydroxyl groups excluding tert-OH is 1. The van der Waals surface area contributed by atoms with E-state index in [-0.39, 0.29) is 12.5 Å². The van der Waals surface area contributed by atoms with Crippen LogP contribution >= 0.6 is 0 Å². The number of carbonyl (C=O) groups is 1. The molecule has 128 valence electrons. The first-order valence-corrected chi connectivity index (χ1v) is 9.40. The molecule has 2 aliphatic rings. The van der Waals surface area contributed by atoms with Crippen molar-refractivity contribution in [1.82, 2.24) is 14.5 Å². The van der Waals surface area contributed by atoms with Gasteiger partial charge in [-0.3, -0.25) is 9.69 Å². The minimum absolute atomic E-state index is 0.0800. The van der Waals surface area contributed by atoms with Gasteiger partial charge in [0.05, 0.1) is 31.1 Å². The van der Waals surface area contributed by atoms with Crippen LogP contribution in [0.2, 0.25) is 0 Å². The first kappa shape index (κ1) is 17.6. The van der Waals surface area contributed by atoms with E-state index in [1.54, 1.807) is 6.92 Å². The van der Waals surface area contributed by atoms with E-state index < -0.39 is 28.3 Å². The summed E-state index contributed by atoms with van der Waals surface area (Å²) in [6.07, 6.45) is 0.677. The van der Waals surface area contributed by atoms with Gasteiger partial charge in [-0.1, -0.05) is 0 Å². The number of sulfonamides is 1. The van der Waals surface area contributed by atoms with Crippen LogP contribution in [-0.2, 0) is 19.6 Å². The van der Waals surface area contributed by atoms with Crippen molar-refractivity contribution in [2.45, 2.75) is 31.6 Å². The Morgan fingerprint density at radius 2 is 2.05 bits per heavy atom. The van der Waals surface area contributed by atoms with Crippen molar-refractivity contribution in [3.63, 3.8) is 0 Å². The molecule has 1 amide bonds. The lowest BCUT2D eigenvalue weighted by Crippen LogP contribution is -2.47. The minimum Gasteiger partial charge on any atom is -0.389 e. The number of nitrogens with one attached hydrogen (secondary N) is 1. The second-order valence-electron chi connectivity index (χ2n) is 6.02. The summed E-state index contributed by atoms with van der Waals surface area (Å²) in [7, 11) is -3.37. The summed E-state index contributed by atoms with van der Waals surface area (Å²) in [5.41, 5.74) is 0. The summed E-state index contributed by atoms with van der Waals surface area (Å²) < 4.78 is 30.4. The fourth-order valence-corrected chi connectivity index (χ4v) is 3.70. The van der Waals surface area contributed by atoms with E-state index in [4.69, 9.17) is 4.74 Å². The number of rotatable bonds is 4. The molecule has 2 rings (SSSR count).